The van der Waals surface area contributed by atoms with Crippen molar-refractivity contribution in [1.29, 1.82) is 5.26 Å². The van der Waals surface area contributed by atoms with Crippen molar-refractivity contribution in [3.05, 3.63) is 29.8 Å². The Kier molecular flexibility index (Phi) is 5.54. The van der Waals surface area contributed by atoms with Gasteiger partial charge in [-0.2, -0.15) is 5.26 Å². The Morgan fingerprint density at radius 2 is 2.05 bits per heavy atom. The molecule has 0 bridgehead atoms. The third-order valence-corrected chi connectivity index (χ3v) is 3.26. The molecule has 1 heterocycles. The van der Waals surface area contributed by atoms with E-state index in [4.69, 9.17) is 10.00 Å². The van der Waals surface area contributed by atoms with Crippen molar-refractivity contribution in [2.75, 3.05) is 25.0 Å². The maximum absolute atomic E-state index is 11.8. The molecule has 1 amide bonds. The molecule has 0 radical (unpaired) electrons. The molecular weight excluding hydrogens is 254 g/mol. The van der Waals surface area contributed by atoms with E-state index < -0.39 is 0 Å². The Morgan fingerprint density at radius 3 is 2.70 bits per heavy atom. The zero-order valence-corrected chi connectivity index (χ0v) is 11.4. The summed E-state index contributed by atoms with van der Waals surface area (Å²) < 4.78 is 5.58. The van der Waals surface area contributed by atoms with E-state index >= 15 is 0 Å². The molecule has 5 heteroatoms. The van der Waals surface area contributed by atoms with Crippen LogP contribution in [0.1, 0.15) is 18.4 Å². The van der Waals surface area contributed by atoms with Gasteiger partial charge in [-0.1, -0.05) is 12.1 Å². The van der Waals surface area contributed by atoms with E-state index in [9.17, 15) is 4.79 Å². The lowest BCUT2D eigenvalue weighted by Crippen LogP contribution is -2.34. The van der Waals surface area contributed by atoms with Crippen molar-refractivity contribution in [3.8, 4) is 6.07 Å². The molecule has 1 aromatic rings. The quantitative estimate of drug-likeness (QED) is 0.851. The average molecular weight is 273 g/mol. The fourth-order valence-electron chi connectivity index (χ4n) is 2.15. The third kappa shape index (κ3) is 4.65. The monoisotopic (exact) mass is 273 g/mol. The molecule has 106 valence electrons. The first-order valence-electron chi connectivity index (χ1n) is 6.86. The molecule has 20 heavy (non-hydrogen) atoms. The number of nitrogens with one attached hydrogen (secondary N) is 2. The lowest BCUT2D eigenvalue weighted by molar-refractivity contribution is -0.123. The summed E-state index contributed by atoms with van der Waals surface area (Å²) in [4.78, 5) is 11.8. The first-order valence-corrected chi connectivity index (χ1v) is 6.86. The second-order valence-corrected chi connectivity index (χ2v) is 4.84. The number of anilines is 1. The van der Waals surface area contributed by atoms with Crippen molar-refractivity contribution in [2.24, 2.45) is 0 Å². The van der Waals surface area contributed by atoms with Gasteiger partial charge in [-0.05, 0) is 43.6 Å². The van der Waals surface area contributed by atoms with Gasteiger partial charge < -0.3 is 15.4 Å². The highest BCUT2D eigenvalue weighted by Crippen LogP contribution is 2.11. The average Bonchev–Trinajstić information content (AvgIpc) is 2.49. The number of nitriles is 1. The van der Waals surface area contributed by atoms with E-state index in [-0.39, 0.29) is 18.6 Å². The van der Waals surface area contributed by atoms with Gasteiger partial charge in [-0.3, -0.25) is 4.79 Å². The predicted molar refractivity (Wildman–Crippen MR) is 76.2 cm³/mol. The highest BCUT2D eigenvalue weighted by atomic mass is 16.5. The van der Waals surface area contributed by atoms with Crippen LogP contribution < -0.4 is 10.6 Å². The molecule has 0 aromatic heterocycles. The molecule has 1 aliphatic heterocycles. The predicted octanol–water partition coefficient (Wildman–Crippen LogP) is 1.46. The van der Waals surface area contributed by atoms with Gasteiger partial charge in [0.05, 0.1) is 18.6 Å². The van der Waals surface area contributed by atoms with Gasteiger partial charge in [-0.15, -0.1) is 0 Å². The molecule has 1 aromatic carbocycles. The number of piperidine rings is 1. The van der Waals surface area contributed by atoms with Crippen LogP contribution >= 0.6 is 0 Å². The van der Waals surface area contributed by atoms with Crippen molar-refractivity contribution >= 4 is 11.6 Å². The van der Waals surface area contributed by atoms with Crippen molar-refractivity contribution in [2.45, 2.75) is 25.4 Å². The third-order valence-electron chi connectivity index (χ3n) is 3.26. The van der Waals surface area contributed by atoms with Crippen molar-refractivity contribution in [1.82, 2.24) is 5.32 Å². The number of ether oxygens (including phenoxy) is 1. The summed E-state index contributed by atoms with van der Waals surface area (Å²) >= 11 is 0. The first-order chi connectivity index (χ1) is 9.78. The number of benzene rings is 1. The molecule has 1 saturated heterocycles. The number of hydrogen-bond acceptors (Lipinski definition) is 4. The summed E-state index contributed by atoms with van der Waals surface area (Å²) in [6, 6.07) is 9.37. The van der Waals surface area contributed by atoms with Crippen LogP contribution in [-0.2, 0) is 16.0 Å². The fraction of sp³-hybridized carbons (Fsp3) is 0.467. The van der Waals surface area contributed by atoms with E-state index in [0.29, 0.717) is 6.42 Å². The SMILES string of the molecule is N#CCc1ccc(NC(=O)COC2CCNCC2)cc1. The first kappa shape index (κ1) is 14.5. The highest BCUT2D eigenvalue weighted by Gasteiger charge is 2.14. The standard InChI is InChI=1S/C15H19N3O2/c16-8-5-12-1-3-13(4-2-12)18-15(19)11-20-14-6-9-17-10-7-14/h1-4,14,17H,5-7,9-11H2,(H,18,19). The Hall–Kier alpha value is -1.90. The van der Waals surface area contributed by atoms with Crippen LogP contribution in [0.4, 0.5) is 5.69 Å². The second-order valence-electron chi connectivity index (χ2n) is 4.84. The van der Waals surface area contributed by atoms with E-state index in [1.54, 1.807) is 12.1 Å². The fourth-order valence-corrected chi connectivity index (χ4v) is 2.15. The molecule has 1 fully saturated rings. The van der Waals surface area contributed by atoms with Gasteiger partial charge in [0, 0.05) is 5.69 Å². The number of amides is 1. The molecule has 0 spiro atoms. The normalized spacial score (nSPS) is 15.6. The molecule has 0 aliphatic carbocycles. The number of carbonyl (C=O) groups excluding carboxylic acids is 1. The van der Waals surface area contributed by atoms with E-state index in [1.165, 1.54) is 0 Å². The topological polar surface area (TPSA) is 74.2 Å². The number of hydrogen-bond donors (Lipinski definition) is 2. The minimum absolute atomic E-state index is 0.0879. The van der Waals surface area contributed by atoms with E-state index in [0.717, 1.165) is 37.2 Å². The minimum Gasteiger partial charge on any atom is -0.368 e. The van der Waals surface area contributed by atoms with Crippen LogP contribution in [0.5, 0.6) is 0 Å². The van der Waals surface area contributed by atoms with E-state index in [1.807, 2.05) is 12.1 Å². The second kappa shape index (κ2) is 7.63. The van der Waals surface area contributed by atoms with Crippen LogP contribution in [0.2, 0.25) is 0 Å². The van der Waals surface area contributed by atoms with Gasteiger partial charge in [0.15, 0.2) is 0 Å². The summed E-state index contributed by atoms with van der Waals surface area (Å²) in [5.41, 5.74) is 1.67. The van der Waals surface area contributed by atoms with Crippen LogP contribution in [-0.4, -0.2) is 31.7 Å². The maximum Gasteiger partial charge on any atom is 0.250 e. The number of carbonyl (C=O) groups is 1. The Balaban J connectivity index is 1.74. The molecule has 5 nitrogen and oxygen atoms in total. The Morgan fingerprint density at radius 1 is 1.35 bits per heavy atom. The maximum atomic E-state index is 11.8. The summed E-state index contributed by atoms with van der Waals surface area (Å²) in [5.74, 6) is -0.142. The highest BCUT2D eigenvalue weighted by molar-refractivity contribution is 5.91. The molecule has 0 unspecified atom stereocenters. The summed E-state index contributed by atoms with van der Waals surface area (Å²) in [6.45, 7) is 1.99. The molecule has 0 atom stereocenters. The summed E-state index contributed by atoms with van der Waals surface area (Å²) in [7, 11) is 0. The van der Waals surface area contributed by atoms with Crippen molar-refractivity contribution < 1.29 is 9.53 Å². The van der Waals surface area contributed by atoms with Gasteiger partial charge in [0.1, 0.15) is 6.61 Å². The van der Waals surface area contributed by atoms with Crippen LogP contribution in [0, 0.1) is 11.3 Å². The largest absolute Gasteiger partial charge is 0.368 e. The number of nitrogens with zero attached hydrogens (tertiary/aromatic N) is 1. The molecule has 2 N–H and O–H groups in total. The molecule has 0 saturated carbocycles. The van der Waals surface area contributed by atoms with Gasteiger partial charge >= 0.3 is 0 Å². The zero-order chi connectivity index (χ0) is 14.2. The summed E-state index contributed by atoms with van der Waals surface area (Å²) in [5, 5.41) is 14.6. The smallest absolute Gasteiger partial charge is 0.250 e. The Bertz CT molecular complexity index is 473. The van der Waals surface area contributed by atoms with E-state index in [2.05, 4.69) is 16.7 Å². The van der Waals surface area contributed by atoms with Crippen LogP contribution in [0.15, 0.2) is 24.3 Å². The van der Waals surface area contributed by atoms with Gasteiger partial charge in [0.25, 0.3) is 0 Å². The lowest BCUT2D eigenvalue weighted by Gasteiger charge is -2.22. The van der Waals surface area contributed by atoms with Crippen LogP contribution in [0.3, 0.4) is 0 Å². The Labute approximate surface area is 118 Å². The summed E-state index contributed by atoms with van der Waals surface area (Å²) in [6.07, 6.45) is 2.47. The lowest BCUT2D eigenvalue weighted by atomic mass is 10.1. The minimum atomic E-state index is -0.142. The van der Waals surface area contributed by atoms with Crippen molar-refractivity contribution in [3.63, 3.8) is 0 Å². The van der Waals surface area contributed by atoms with Gasteiger partial charge in [-0.25, -0.2) is 0 Å². The van der Waals surface area contributed by atoms with Crippen LogP contribution in [0.25, 0.3) is 0 Å². The zero-order valence-electron chi connectivity index (χ0n) is 11.4. The molecular formula is C15H19N3O2. The molecule has 2 rings (SSSR count). The number of rotatable bonds is 5. The molecule has 1 aliphatic rings. The van der Waals surface area contributed by atoms with Gasteiger partial charge in [0.2, 0.25) is 5.91 Å².